The maximum Gasteiger partial charge on any atom is 0.271 e. The molecule has 1 aliphatic heterocycles. The Labute approximate surface area is 188 Å². The van der Waals surface area contributed by atoms with Crippen molar-refractivity contribution in [1.82, 2.24) is 14.8 Å². The Morgan fingerprint density at radius 2 is 1.94 bits per heavy atom. The van der Waals surface area contributed by atoms with Crippen LogP contribution >= 0.6 is 0 Å². The van der Waals surface area contributed by atoms with Gasteiger partial charge in [0.15, 0.2) is 5.58 Å². The summed E-state index contributed by atoms with van der Waals surface area (Å²) in [7, 11) is 0. The van der Waals surface area contributed by atoms with E-state index in [4.69, 9.17) is 4.42 Å². The highest BCUT2D eigenvalue weighted by Crippen LogP contribution is 2.34. The highest BCUT2D eigenvalue weighted by molar-refractivity contribution is 6.02. The van der Waals surface area contributed by atoms with E-state index in [0.29, 0.717) is 30.3 Å². The molecule has 0 saturated heterocycles. The van der Waals surface area contributed by atoms with Crippen molar-refractivity contribution in [2.24, 2.45) is 5.92 Å². The summed E-state index contributed by atoms with van der Waals surface area (Å²) in [6.07, 6.45) is 6.10. The predicted octanol–water partition coefficient (Wildman–Crippen LogP) is 4.65. The molecule has 1 N–H and O–H groups in total. The number of aromatic nitrogens is 1. The van der Waals surface area contributed by atoms with Crippen LogP contribution in [0.25, 0.3) is 11.1 Å². The third-order valence-electron chi connectivity index (χ3n) is 7.43. The molecule has 2 aliphatic rings. The molecule has 0 unspecified atom stereocenters. The largest absolute Gasteiger partial charge is 0.463 e. The van der Waals surface area contributed by atoms with Crippen LogP contribution in [0.2, 0.25) is 0 Å². The second-order valence-corrected chi connectivity index (χ2v) is 9.78. The minimum atomic E-state index is -1.00. The fourth-order valence-corrected chi connectivity index (χ4v) is 5.25. The maximum absolute atomic E-state index is 13.8. The Morgan fingerprint density at radius 3 is 2.69 bits per heavy atom. The first-order chi connectivity index (χ1) is 15.4. The van der Waals surface area contributed by atoms with Gasteiger partial charge in [0, 0.05) is 24.7 Å². The Kier molecular flexibility index (Phi) is 5.11. The summed E-state index contributed by atoms with van der Waals surface area (Å²) in [4.78, 5) is 29.3. The van der Waals surface area contributed by atoms with Crippen LogP contribution in [0.1, 0.15) is 61.1 Å². The van der Waals surface area contributed by atoms with Gasteiger partial charge in [-0.1, -0.05) is 49.6 Å². The van der Waals surface area contributed by atoms with E-state index in [9.17, 15) is 9.59 Å². The normalized spacial score (nSPS) is 25.7. The van der Waals surface area contributed by atoms with Crippen LogP contribution in [0.4, 0.5) is 0 Å². The molecule has 0 radical (unpaired) electrons. The zero-order valence-electron chi connectivity index (χ0n) is 19.1. The number of hydrogen-bond donors (Lipinski definition) is 1. The van der Waals surface area contributed by atoms with Gasteiger partial charge in [0.1, 0.15) is 11.2 Å². The standard InChI is InChI=1S/C26H31N3O3/c1-17-8-10-19(11-9-17)15-29-24(30)22-14-23-21(12-13-32-23)28(22)16-26(29,3)25(31)27-20-7-5-4-6-18(20)2/h8-14,18,20H,4-7,15-16H2,1-3H3,(H,27,31)/t18-,20-,26+/m0/s1. The van der Waals surface area contributed by atoms with E-state index in [0.717, 1.165) is 30.3 Å². The van der Waals surface area contributed by atoms with Crippen LogP contribution in [0.5, 0.6) is 0 Å². The molecule has 3 atom stereocenters. The van der Waals surface area contributed by atoms with Crippen LogP contribution < -0.4 is 5.32 Å². The number of furan rings is 1. The van der Waals surface area contributed by atoms with Gasteiger partial charge in [0.2, 0.25) is 5.91 Å². The number of nitrogens with one attached hydrogen (secondary N) is 1. The van der Waals surface area contributed by atoms with Gasteiger partial charge in [0.05, 0.1) is 18.3 Å². The van der Waals surface area contributed by atoms with Crippen molar-refractivity contribution in [2.45, 2.75) is 71.1 Å². The lowest BCUT2D eigenvalue weighted by atomic mass is 9.85. The molecule has 6 heteroatoms. The molecule has 1 fully saturated rings. The number of nitrogens with zero attached hydrogens (tertiary/aromatic N) is 2. The monoisotopic (exact) mass is 433 g/mol. The average molecular weight is 434 g/mol. The molecule has 5 rings (SSSR count). The number of amides is 2. The minimum Gasteiger partial charge on any atom is -0.463 e. The molecule has 3 heterocycles. The summed E-state index contributed by atoms with van der Waals surface area (Å²) < 4.78 is 7.50. The third-order valence-corrected chi connectivity index (χ3v) is 7.43. The van der Waals surface area contributed by atoms with Gasteiger partial charge in [-0.05, 0) is 38.2 Å². The third kappa shape index (κ3) is 3.42. The summed E-state index contributed by atoms with van der Waals surface area (Å²) in [5.41, 5.74) is 3.28. The van der Waals surface area contributed by atoms with E-state index in [1.165, 1.54) is 12.0 Å². The van der Waals surface area contributed by atoms with Crippen LogP contribution in [0, 0.1) is 12.8 Å². The predicted molar refractivity (Wildman–Crippen MR) is 123 cm³/mol. The summed E-state index contributed by atoms with van der Waals surface area (Å²) >= 11 is 0. The molecule has 3 aromatic rings. The molecule has 6 nitrogen and oxygen atoms in total. The van der Waals surface area contributed by atoms with E-state index in [2.05, 4.69) is 12.2 Å². The van der Waals surface area contributed by atoms with Gasteiger partial charge in [0.25, 0.3) is 5.91 Å². The lowest BCUT2D eigenvalue weighted by Crippen LogP contribution is -2.65. The number of carbonyl (C=O) groups is 2. The molecule has 168 valence electrons. The molecule has 2 amide bonds. The lowest BCUT2D eigenvalue weighted by Gasteiger charge is -2.45. The van der Waals surface area contributed by atoms with E-state index in [-0.39, 0.29) is 17.9 Å². The van der Waals surface area contributed by atoms with E-state index in [1.54, 1.807) is 17.2 Å². The van der Waals surface area contributed by atoms with Gasteiger partial charge in [-0.25, -0.2) is 0 Å². The van der Waals surface area contributed by atoms with Crippen molar-refractivity contribution in [3.05, 3.63) is 59.5 Å². The number of hydrogen-bond acceptors (Lipinski definition) is 3. The number of carbonyl (C=O) groups excluding carboxylic acids is 2. The van der Waals surface area contributed by atoms with Crippen LogP contribution in [-0.2, 0) is 17.9 Å². The maximum atomic E-state index is 13.8. The fraction of sp³-hybridized carbons (Fsp3) is 0.462. The molecular weight excluding hydrogens is 402 g/mol. The Morgan fingerprint density at radius 1 is 1.19 bits per heavy atom. The Hall–Kier alpha value is -3.02. The molecular formula is C26H31N3O3. The van der Waals surface area contributed by atoms with E-state index in [1.807, 2.05) is 48.7 Å². The highest BCUT2D eigenvalue weighted by atomic mass is 16.3. The molecule has 2 aromatic heterocycles. The van der Waals surface area contributed by atoms with Crippen LogP contribution in [0.3, 0.4) is 0 Å². The smallest absolute Gasteiger partial charge is 0.271 e. The van der Waals surface area contributed by atoms with Crippen molar-refractivity contribution >= 4 is 22.9 Å². The SMILES string of the molecule is Cc1ccc(CN2C(=O)c3cc4occc4n3C[C@]2(C)C(=O)N[C@H]2CCCC[C@@H]2C)cc1. The highest BCUT2D eigenvalue weighted by Gasteiger charge is 2.48. The first kappa shape index (κ1) is 20.9. The van der Waals surface area contributed by atoms with Crippen LogP contribution in [-0.4, -0.2) is 32.9 Å². The first-order valence-electron chi connectivity index (χ1n) is 11.6. The van der Waals surface area contributed by atoms with Crippen molar-refractivity contribution in [1.29, 1.82) is 0 Å². The molecule has 1 aromatic carbocycles. The van der Waals surface area contributed by atoms with Gasteiger partial charge in [-0.3, -0.25) is 9.59 Å². The first-order valence-corrected chi connectivity index (χ1v) is 11.6. The Bertz CT molecular complexity index is 1160. The van der Waals surface area contributed by atoms with Crippen molar-refractivity contribution in [3.63, 3.8) is 0 Å². The molecule has 32 heavy (non-hydrogen) atoms. The Balaban J connectivity index is 1.52. The molecule has 0 spiro atoms. The second kappa shape index (κ2) is 7.84. The zero-order chi connectivity index (χ0) is 22.5. The lowest BCUT2D eigenvalue weighted by molar-refractivity contribution is -0.134. The minimum absolute atomic E-state index is 0.0762. The average Bonchev–Trinajstić information content (AvgIpc) is 3.36. The quantitative estimate of drug-likeness (QED) is 0.651. The van der Waals surface area contributed by atoms with Crippen molar-refractivity contribution in [2.75, 3.05) is 0 Å². The van der Waals surface area contributed by atoms with E-state index < -0.39 is 5.54 Å². The molecule has 0 bridgehead atoms. The summed E-state index contributed by atoms with van der Waals surface area (Å²) in [5.74, 6) is 0.231. The zero-order valence-corrected chi connectivity index (χ0v) is 19.1. The summed E-state index contributed by atoms with van der Waals surface area (Å²) in [6, 6.07) is 12.0. The van der Waals surface area contributed by atoms with E-state index >= 15 is 0 Å². The fourth-order valence-electron chi connectivity index (χ4n) is 5.25. The topological polar surface area (TPSA) is 67.5 Å². The van der Waals surface area contributed by atoms with Crippen LogP contribution in [0.15, 0.2) is 47.1 Å². The van der Waals surface area contributed by atoms with Crippen molar-refractivity contribution < 1.29 is 14.0 Å². The number of aryl methyl sites for hydroxylation is 1. The molecule has 1 aliphatic carbocycles. The second-order valence-electron chi connectivity index (χ2n) is 9.78. The number of benzene rings is 1. The summed E-state index contributed by atoms with van der Waals surface area (Å²) in [6.45, 7) is 6.94. The van der Waals surface area contributed by atoms with Crippen molar-refractivity contribution in [3.8, 4) is 0 Å². The number of rotatable bonds is 4. The number of fused-ring (bicyclic) bond motifs is 3. The summed E-state index contributed by atoms with van der Waals surface area (Å²) in [5, 5.41) is 3.32. The van der Waals surface area contributed by atoms with Gasteiger partial charge >= 0.3 is 0 Å². The van der Waals surface area contributed by atoms with Gasteiger partial charge in [-0.2, -0.15) is 0 Å². The molecule has 1 saturated carbocycles. The van der Waals surface area contributed by atoms with Gasteiger partial charge in [-0.15, -0.1) is 0 Å². The van der Waals surface area contributed by atoms with Gasteiger partial charge < -0.3 is 19.2 Å².